The average molecular weight is 466 g/mol. The molecule has 0 fully saturated rings. The largest absolute Gasteiger partial charge is 0.481 e. The molecule has 0 saturated carbocycles. The molecular weight excluding hydrogens is 445 g/mol. The highest BCUT2D eigenvalue weighted by molar-refractivity contribution is 7.92. The molecular formula is C24H20FN3O4S. The lowest BCUT2D eigenvalue weighted by molar-refractivity contribution is -0.138. The molecule has 0 bridgehead atoms. The zero-order chi connectivity index (χ0) is 23.6. The summed E-state index contributed by atoms with van der Waals surface area (Å²) in [6.07, 6.45) is -0.789. The zero-order valence-electron chi connectivity index (χ0n) is 17.7. The van der Waals surface area contributed by atoms with Crippen molar-refractivity contribution >= 4 is 21.6 Å². The normalized spacial score (nSPS) is 15.7. The molecule has 1 aliphatic heterocycles. The molecule has 3 aromatic carbocycles. The fourth-order valence-corrected chi connectivity index (χ4v) is 4.84. The summed E-state index contributed by atoms with van der Waals surface area (Å²) < 4.78 is 48.1. The summed E-state index contributed by atoms with van der Waals surface area (Å²) in [6, 6.07) is 18.7. The molecule has 7 nitrogen and oxygen atoms in total. The van der Waals surface area contributed by atoms with E-state index in [4.69, 9.17) is 4.74 Å². The summed E-state index contributed by atoms with van der Waals surface area (Å²) in [5, 5.41) is 9.23. The number of hydrogen-bond acceptors (Lipinski definition) is 5. The highest BCUT2D eigenvalue weighted by Gasteiger charge is 2.29. The number of rotatable bonds is 5. The van der Waals surface area contributed by atoms with Crippen molar-refractivity contribution in [2.45, 2.75) is 31.0 Å². The second-order valence-corrected chi connectivity index (χ2v) is 9.23. The Morgan fingerprint density at radius 2 is 1.88 bits per heavy atom. The lowest BCUT2D eigenvalue weighted by atomic mass is 10.1. The fraction of sp³-hybridized carbons (Fsp3) is 0.167. The molecule has 1 amide bonds. The first-order valence-corrected chi connectivity index (χ1v) is 11.6. The van der Waals surface area contributed by atoms with Gasteiger partial charge in [-0.05, 0) is 43.3 Å². The molecule has 3 aromatic rings. The molecule has 0 radical (unpaired) electrons. The van der Waals surface area contributed by atoms with E-state index >= 15 is 0 Å². The third kappa shape index (κ3) is 4.66. The van der Waals surface area contributed by atoms with Crippen LogP contribution < -0.4 is 9.46 Å². The minimum Gasteiger partial charge on any atom is -0.481 e. The molecule has 0 aromatic heterocycles. The summed E-state index contributed by atoms with van der Waals surface area (Å²) in [5.74, 6) is -0.284. The van der Waals surface area contributed by atoms with Gasteiger partial charge in [-0.1, -0.05) is 30.3 Å². The van der Waals surface area contributed by atoms with E-state index in [0.29, 0.717) is 16.9 Å². The van der Waals surface area contributed by atoms with Crippen molar-refractivity contribution in [3.63, 3.8) is 0 Å². The molecule has 1 atom stereocenters. The molecule has 4 rings (SSSR count). The van der Waals surface area contributed by atoms with Crippen LogP contribution in [0.15, 0.2) is 71.6 Å². The highest BCUT2D eigenvalue weighted by Crippen LogP contribution is 2.30. The van der Waals surface area contributed by atoms with E-state index in [-0.39, 0.29) is 35.1 Å². The molecule has 1 heterocycles. The molecule has 1 aliphatic rings. The minimum absolute atomic E-state index is 0.0265. The maximum atomic E-state index is 14.2. The lowest BCUT2D eigenvalue weighted by Gasteiger charge is -2.22. The van der Waals surface area contributed by atoms with Gasteiger partial charge in [-0.3, -0.25) is 9.52 Å². The average Bonchev–Trinajstić information content (AvgIpc) is 2.91. The molecule has 0 spiro atoms. The van der Waals surface area contributed by atoms with Crippen molar-refractivity contribution in [2.75, 3.05) is 4.72 Å². The van der Waals surface area contributed by atoms with Gasteiger partial charge in [0.25, 0.3) is 15.9 Å². The number of carbonyl (C=O) groups is 1. The summed E-state index contributed by atoms with van der Waals surface area (Å²) in [4.78, 5) is 14.2. The third-order valence-corrected chi connectivity index (χ3v) is 6.69. The van der Waals surface area contributed by atoms with Crippen molar-refractivity contribution in [1.82, 2.24) is 4.90 Å². The molecule has 0 aliphatic carbocycles. The molecule has 1 unspecified atom stereocenters. The quantitative estimate of drug-likeness (QED) is 0.618. The Labute approximate surface area is 191 Å². The number of anilines is 1. The molecule has 33 heavy (non-hydrogen) atoms. The van der Waals surface area contributed by atoms with E-state index in [0.717, 1.165) is 0 Å². The van der Waals surface area contributed by atoms with Crippen LogP contribution in [-0.4, -0.2) is 25.3 Å². The van der Waals surface area contributed by atoms with Crippen molar-refractivity contribution in [3.8, 4) is 11.8 Å². The van der Waals surface area contributed by atoms with Gasteiger partial charge < -0.3 is 9.64 Å². The van der Waals surface area contributed by atoms with E-state index < -0.39 is 21.9 Å². The predicted molar refractivity (Wildman–Crippen MR) is 119 cm³/mol. The van der Waals surface area contributed by atoms with Crippen molar-refractivity contribution < 1.29 is 22.3 Å². The van der Waals surface area contributed by atoms with Crippen LogP contribution in [0.2, 0.25) is 0 Å². The van der Waals surface area contributed by atoms with Crippen molar-refractivity contribution in [3.05, 3.63) is 89.2 Å². The number of nitrogens with one attached hydrogen (secondary N) is 1. The van der Waals surface area contributed by atoms with Crippen LogP contribution in [-0.2, 0) is 27.9 Å². The smallest absolute Gasteiger partial charge is 0.263 e. The maximum Gasteiger partial charge on any atom is 0.263 e. The number of carbonyl (C=O) groups excluding carboxylic acids is 1. The summed E-state index contributed by atoms with van der Waals surface area (Å²) >= 11 is 0. The standard InChI is InChI=1S/C24H20FN3O4S/c1-16-24(29)28(14-18-7-2-4-8-21(18)25)15-19-12-20(10-11-22(19)32-16)27-33(30,31)23-9-5-3-6-17(23)13-26/h2-12,16,27H,14-15H2,1H3. The van der Waals surface area contributed by atoms with Gasteiger partial charge in [-0.2, -0.15) is 5.26 Å². The summed E-state index contributed by atoms with van der Waals surface area (Å²) in [6.45, 7) is 1.77. The van der Waals surface area contributed by atoms with Crippen LogP contribution in [0.4, 0.5) is 10.1 Å². The monoisotopic (exact) mass is 465 g/mol. The van der Waals surface area contributed by atoms with Gasteiger partial charge >= 0.3 is 0 Å². The number of hydrogen-bond donors (Lipinski definition) is 1. The maximum absolute atomic E-state index is 14.2. The molecule has 168 valence electrons. The van der Waals surface area contributed by atoms with Crippen LogP contribution >= 0.6 is 0 Å². The predicted octanol–water partition coefficient (Wildman–Crippen LogP) is 3.81. The number of halogens is 1. The number of fused-ring (bicyclic) bond motifs is 1. The fourth-order valence-electron chi connectivity index (χ4n) is 3.63. The van der Waals surface area contributed by atoms with E-state index in [2.05, 4.69) is 4.72 Å². The Morgan fingerprint density at radius 3 is 2.64 bits per heavy atom. The van der Waals surface area contributed by atoms with Gasteiger partial charge in [0, 0.05) is 29.9 Å². The third-order valence-electron chi connectivity index (χ3n) is 5.25. The second kappa shape index (κ2) is 8.92. The first-order chi connectivity index (χ1) is 15.8. The lowest BCUT2D eigenvalue weighted by Crippen LogP contribution is -2.37. The van der Waals surface area contributed by atoms with Crippen molar-refractivity contribution in [1.29, 1.82) is 5.26 Å². The van der Waals surface area contributed by atoms with Crippen LogP contribution in [0.25, 0.3) is 0 Å². The zero-order valence-corrected chi connectivity index (χ0v) is 18.5. The van der Waals surface area contributed by atoms with Crippen LogP contribution in [0.5, 0.6) is 5.75 Å². The Hall–Kier alpha value is -3.90. The van der Waals surface area contributed by atoms with Crippen molar-refractivity contribution in [2.24, 2.45) is 0 Å². The minimum atomic E-state index is -4.02. The van der Waals surface area contributed by atoms with Crippen LogP contribution in [0, 0.1) is 17.1 Å². The van der Waals surface area contributed by atoms with Crippen LogP contribution in [0.1, 0.15) is 23.6 Å². The number of amides is 1. The SMILES string of the molecule is CC1Oc2ccc(NS(=O)(=O)c3ccccc3C#N)cc2CN(Cc2ccccc2F)C1=O. The summed E-state index contributed by atoms with van der Waals surface area (Å²) in [5.41, 5.74) is 1.21. The first-order valence-electron chi connectivity index (χ1n) is 10.1. The Kier molecular flexibility index (Phi) is 6.03. The number of ether oxygens (including phenoxy) is 1. The second-order valence-electron chi connectivity index (χ2n) is 7.58. The molecule has 9 heteroatoms. The van der Waals surface area contributed by atoms with Gasteiger partial charge in [0.1, 0.15) is 22.5 Å². The Bertz CT molecular complexity index is 1370. The van der Waals surface area contributed by atoms with Gasteiger partial charge in [0.15, 0.2) is 6.10 Å². The first kappa shape index (κ1) is 22.3. The number of benzene rings is 3. The number of sulfonamides is 1. The number of nitrogens with zero attached hydrogens (tertiary/aromatic N) is 2. The molecule has 1 N–H and O–H groups in total. The Balaban J connectivity index is 1.64. The van der Waals surface area contributed by atoms with Gasteiger partial charge in [-0.25, -0.2) is 12.8 Å². The van der Waals surface area contributed by atoms with E-state index in [9.17, 15) is 22.9 Å². The topological polar surface area (TPSA) is 99.5 Å². The molecule has 0 saturated heterocycles. The number of nitriles is 1. The van der Waals surface area contributed by atoms with E-state index in [1.807, 2.05) is 6.07 Å². The van der Waals surface area contributed by atoms with Gasteiger partial charge in [0.05, 0.1) is 5.56 Å². The van der Waals surface area contributed by atoms with E-state index in [1.54, 1.807) is 43.3 Å². The van der Waals surface area contributed by atoms with Gasteiger partial charge in [0.2, 0.25) is 0 Å². The van der Waals surface area contributed by atoms with Gasteiger partial charge in [-0.15, -0.1) is 0 Å². The van der Waals surface area contributed by atoms with E-state index in [1.165, 1.54) is 35.2 Å². The highest BCUT2D eigenvalue weighted by atomic mass is 32.2. The summed E-state index contributed by atoms with van der Waals surface area (Å²) in [7, 11) is -4.02. The Morgan fingerprint density at radius 1 is 1.15 bits per heavy atom. The van der Waals surface area contributed by atoms with Crippen LogP contribution in [0.3, 0.4) is 0 Å².